The predicted molar refractivity (Wildman–Crippen MR) is 181 cm³/mol. The van der Waals surface area contributed by atoms with Gasteiger partial charge in [-0.1, -0.05) is 72.6 Å². The van der Waals surface area contributed by atoms with E-state index >= 15 is 0 Å². The second-order valence-electron chi connectivity index (χ2n) is 13.3. The summed E-state index contributed by atoms with van der Waals surface area (Å²) in [5.74, 6) is -2.98. The van der Waals surface area contributed by atoms with Crippen LogP contribution < -0.4 is 21.7 Å². The van der Waals surface area contributed by atoms with Crippen molar-refractivity contribution >= 4 is 31.6 Å². The standard InChI is InChI=1S/C34H50FN4O8P/c1-7-24(8-2)18-44-31(40)25(14-22(3)4)19-48(43,47-27-12-10-9-11-13-27)46-21-34(20-45-32(41)29(36)23(5)6)15-26(34)16-39-17-28(35)30(37)38-33(39)42/h9-13,16-17,22-25,29H,7-8,14-15,18-21,36H2,1-6H3,(H2,37,38,42)/b26-16-/t25-,29+,34+,48+/m1/s1. The molecule has 1 aromatic heterocycles. The maximum absolute atomic E-state index is 14.6. The van der Waals surface area contributed by atoms with E-state index in [2.05, 4.69) is 4.98 Å². The first-order valence-corrected chi connectivity index (χ1v) is 18.2. The molecule has 0 radical (unpaired) electrons. The third kappa shape index (κ3) is 11.0. The van der Waals surface area contributed by atoms with Crippen LogP contribution in [0.1, 0.15) is 67.2 Å². The Morgan fingerprint density at radius 2 is 1.75 bits per heavy atom. The molecule has 0 aliphatic heterocycles. The van der Waals surface area contributed by atoms with Crippen LogP contribution in [0.3, 0.4) is 0 Å². The minimum atomic E-state index is -4.09. The zero-order chi connectivity index (χ0) is 35.6. The Balaban J connectivity index is 1.94. The SMILES string of the molecule is CCC(CC)COC(=O)[C@H](CC(C)C)C[P@](=O)(OC[C@@]1(COC(=O)[C@@H](N)C(C)C)C/C1=C/n1cc(F)c(N)nc1=O)Oc1ccccc1. The molecule has 14 heteroatoms. The van der Waals surface area contributed by atoms with E-state index in [1.807, 2.05) is 27.7 Å². The van der Waals surface area contributed by atoms with Crippen molar-refractivity contribution in [2.75, 3.05) is 31.7 Å². The number of ether oxygens (including phenoxy) is 2. The highest BCUT2D eigenvalue weighted by molar-refractivity contribution is 7.54. The molecule has 1 saturated carbocycles. The molecule has 1 aliphatic carbocycles. The number of anilines is 1. The number of para-hydroxylation sites is 1. The number of aromatic nitrogens is 2. The Hall–Kier alpha value is -3.54. The molecule has 0 unspecified atom stereocenters. The minimum Gasteiger partial charge on any atom is -0.465 e. The van der Waals surface area contributed by atoms with Gasteiger partial charge in [0, 0.05) is 6.20 Å². The van der Waals surface area contributed by atoms with Crippen molar-refractivity contribution in [2.45, 2.75) is 73.3 Å². The van der Waals surface area contributed by atoms with Crippen molar-refractivity contribution in [1.29, 1.82) is 0 Å². The molecule has 3 rings (SSSR count). The molecule has 0 spiro atoms. The molecule has 48 heavy (non-hydrogen) atoms. The van der Waals surface area contributed by atoms with E-state index in [4.69, 9.17) is 30.0 Å². The summed E-state index contributed by atoms with van der Waals surface area (Å²) in [7, 11) is -4.09. The van der Waals surface area contributed by atoms with E-state index in [9.17, 15) is 23.3 Å². The van der Waals surface area contributed by atoms with E-state index < -0.39 is 54.2 Å². The fraction of sp³-hybridized carbons (Fsp3) is 0.588. The van der Waals surface area contributed by atoms with E-state index in [1.54, 1.807) is 44.2 Å². The van der Waals surface area contributed by atoms with E-state index in [1.165, 1.54) is 6.20 Å². The van der Waals surface area contributed by atoms with Crippen LogP contribution >= 0.6 is 7.60 Å². The monoisotopic (exact) mass is 692 g/mol. The highest BCUT2D eigenvalue weighted by Crippen LogP contribution is 2.58. The van der Waals surface area contributed by atoms with Gasteiger partial charge in [0.1, 0.15) is 18.4 Å². The molecular formula is C34H50FN4O8P. The van der Waals surface area contributed by atoms with Gasteiger partial charge in [0.15, 0.2) is 11.6 Å². The Kier molecular flexibility index (Phi) is 14.0. The van der Waals surface area contributed by atoms with Gasteiger partial charge in [-0.05, 0) is 48.3 Å². The molecule has 4 N–H and O–H groups in total. The number of hydrogen-bond donors (Lipinski definition) is 2. The summed E-state index contributed by atoms with van der Waals surface area (Å²) in [5.41, 5.74) is 10.1. The zero-order valence-corrected chi connectivity index (χ0v) is 29.6. The average Bonchev–Trinajstić information content (AvgIpc) is 3.73. The maximum Gasteiger partial charge on any atom is 0.380 e. The fourth-order valence-electron chi connectivity index (χ4n) is 5.03. The van der Waals surface area contributed by atoms with E-state index in [0.29, 0.717) is 12.0 Å². The van der Waals surface area contributed by atoms with Gasteiger partial charge < -0.3 is 25.5 Å². The van der Waals surface area contributed by atoms with E-state index in [0.717, 1.165) is 23.6 Å². The minimum absolute atomic E-state index is 0.0713. The molecular weight excluding hydrogens is 642 g/mol. The maximum atomic E-state index is 14.6. The number of esters is 2. The number of carbonyl (C=O) groups is 2. The topological polar surface area (TPSA) is 175 Å². The molecule has 1 aromatic carbocycles. The number of benzene rings is 1. The Bertz CT molecular complexity index is 1530. The van der Waals surface area contributed by atoms with Crippen molar-refractivity contribution in [3.05, 3.63) is 58.4 Å². The second kappa shape index (κ2) is 17.2. The molecule has 12 nitrogen and oxygen atoms in total. The number of nitrogens with two attached hydrogens (primary N) is 2. The largest absolute Gasteiger partial charge is 0.465 e. The van der Waals surface area contributed by atoms with Gasteiger partial charge >= 0.3 is 25.2 Å². The number of carbonyl (C=O) groups excluding carboxylic acids is 2. The van der Waals surface area contributed by atoms with Crippen LogP contribution in [0.2, 0.25) is 0 Å². The molecule has 1 heterocycles. The van der Waals surface area contributed by atoms with Crippen LogP contribution in [0.5, 0.6) is 5.75 Å². The van der Waals surface area contributed by atoms with Crippen LogP contribution in [-0.2, 0) is 28.2 Å². The number of hydrogen-bond acceptors (Lipinski definition) is 11. The highest BCUT2D eigenvalue weighted by atomic mass is 31.2. The summed E-state index contributed by atoms with van der Waals surface area (Å²) in [6, 6.07) is 7.57. The number of halogens is 1. The Morgan fingerprint density at radius 3 is 2.35 bits per heavy atom. The van der Waals surface area contributed by atoms with Gasteiger partial charge in [-0.25, -0.2) is 13.8 Å². The summed E-state index contributed by atoms with van der Waals surface area (Å²) in [6.07, 6.45) is 4.33. The van der Waals surface area contributed by atoms with Crippen LogP contribution in [0, 0.1) is 34.9 Å². The third-order valence-electron chi connectivity index (χ3n) is 8.47. The van der Waals surface area contributed by atoms with Crippen molar-refractivity contribution in [3.8, 4) is 5.75 Å². The quantitative estimate of drug-likeness (QED) is 0.137. The molecule has 4 atom stereocenters. The summed E-state index contributed by atoms with van der Waals surface area (Å²) >= 11 is 0. The molecule has 0 saturated heterocycles. The van der Waals surface area contributed by atoms with Crippen molar-refractivity contribution < 1.29 is 37.1 Å². The van der Waals surface area contributed by atoms with Gasteiger partial charge in [-0.15, -0.1) is 0 Å². The van der Waals surface area contributed by atoms with E-state index in [-0.39, 0.29) is 55.9 Å². The van der Waals surface area contributed by atoms with Crippen LogP contribution in [0.25, 0.3) is 6.20 Å². The first-order chi connectivity index (χ1) is 22.6. The van der Waals surface area contributed by atoms with Crippen LogP contribution in [0.4, 0.5) is 10.2 Å². The van der Waals surface area contributed by atoms with Gasteiger partial charge in [-0.2, -0.15) is 4.98 Å². The first kappa shape index (κ1) is 38.9. The van der Waals surface area contributed by atoms with Gasteiger partial charge in [0.05, 0.1) is 36.9 Å². The van der Waals surface area contributed by atoms with Gasteiger partial charge in [0.2, 0.25) is 0 Å². The van der Waals surface area contributed by atoms with Crippen LogP contribution in [-0.4, -0.2) is 53.5 Å². The average molecular weight is 693 g/mol. The van der Waals surface area contributed by atoms with Crippen molar-refractivity contribution in [1.82, 2.24) is 9.55 Å². The second-order valence-corrected chi connectivity index (χ2v) is 15.3. The summed E-state index contributed by atoms with van der Waals surface area (Å²) in [6.45, 7) is 11.3. The molecule has 266 valence electrons. The molecule has 0 amide bonds. The Labute approximate surface area is 281 Å². The van der Waals surface area contributed by atoms with Crippen molar-refractivity contribution in [3.63, 3.8) is 0 Å². The lowest BCUT2D eigenvalue weighted by Gasteiger charge is -2.27. The van der Waals surface area contributed by atoms with Crippen LogP contribution in [0.15, 0.2) is 46.9 Å². The highest BCUT2D eigenvalue weighted by Gasteiger charge is 2.53. The summed E-state index contributed by atoms with van der Waals surface area (Å²) in [4.78, 5) is 42.0. The van der Waals surface area contributed by atoms with Gasteiger partial charge in [0.25, 0.3) is 0 Å². The first-order valence-electron chi connectivity index (χ1n) is 16.4. The molecule has 1 aliphatic rings. The third-order valence-corrected chi connectivity index (χ3v) is 10.4. The molecule has 0 bridgehead atoms. The molecule has 2 aromatic rings. The lowest BCUT2D eigenvalue weighted by Crippen LogP contribution is -2.38. The van der Waals surface area contributed by atoms with Gasteiger partial charge in [-0.3, -0.25) is 18.7 Å². The van der Waals surface area contributed by atoms with Crippen molar-refractivity contribution in [2.24, 2.45) is 34.8 Å². The lowest BCUT2D eigenvalue weighted by molar-refractivity contribution is -0.150. The predicted octanol–water partition coefficient (Wildman–Crippen LogP) is 5.65. The lowest BCUT2D eigenvalue weighted by atomic mass is 9.99. The Morgan fingerprint density at radius 1 is 1.08 bits per heavy atom. The number of nitrogen functional groups attached to an aromatic ring is 1. The zero-order valence-electron chi connectivity index (χ0n) is 28.7. The summed E-state index contributed by atoms with van der Waals surface area (Å²) < 4.78 is 53.1. The number of rotatable bonds is 19. The number of nitrogens with zero attached hydrogens (tertiary/aromatic N) is 2. The fourth-order valence-corrected chi connectivity index (χ4v) is 6.99. The molecule has 1 fully saturated rings. The summed E-state index contributed by atoms with van der Waals surface area (Å²) in [5, 5.41) is 0. The smallest absolute Gasteiger partial charge is 0.380 e. The normalized spacial score (nSPS) is 19.3.